The lowest BCUT2D eigenvalue weighted by atomic mass is 10.1. The van der Waals surface area contributed by atoms with Gasteiger partial charge in [0, 0.05) is 12.7 Å². The van der Waals surface area contributed by atoms with Gasteiger partial charge in [-0.05, 0) is 24.1 Å². The largest absolute Gasteiger partial charge is 0.352 e. The van der Waals surface area contributed by atoms with E-state index < -0.39 is 5.56 Å². The molecule has 0 radical (unpaired) electrons. The van der Waals surface area contributed by atoms with Crippen LogP contribution in [0.4, 0.5) is 4.39 Å². The highest BCUT2D eigenvalue weighted by Crippen LogP contribution is 2.07. The monoisotopic (exact) mass is 294 g/mol. The lowest BCUT2D eigenvalue weighted by Crippen LogP contribution is -2.26. The smallest absolute Gasteiger partial charge is 0.266 e. The molecule has 4 nitrogen and oxygen atoms in total. The van der Waals surface area contributed by atoms with Crippen molar-refractivity contribution in [3.8, 4) is 0 Å². The van der Waals surface area contributed by atoms with Crippen LogP contribution in [0.1, 0.15) is 15.9 Å². The highest BCUT2D eigenvalue weighted by atomic mass is 35.5. The zero-order valence-corrected chi connectivity index (χ0v) is 11.2. The molecule has 0 spiro atoms. The summed E-state index contributed by atoms with van der Waals surface area (Å²) in [7, 11) is 0. The van der Waals surface area contributed by atoms with Crippen molar-refractivity contribution in [2.45, 2.75) is 6.42 Å². The third-order valence-electron chi connectivity index (χ3n) is 2.76. The summed E-state index contributed by atoms with van der Waals surface area (Å²) in [4.78, 5) is 25.2. The predicted molar refractivity (Wildman–Crippen MR) is 74.5 cm³/mol. The Morgan fingerprint density at radius 2 is 2.10 bits per heavy atom. The average Bonchev–Trinajstić information content (AvgIpc) is 2.44. The molecule has 0 atom stereocenters. The van der Waals surface area contributed by atoms with Crippen LogP contribution in [0.25, 0.3) is 0 Å². The van der Waals surface area contributed by atoms with Crippen LogP contribution in [0.5, 0.6) is 0 Å². The molecule has 20 heavy (non-hydrogen) atoms. The molecule has 0 unspecified atom stereocenters. The first-order valence-corrected chi connectivity index (χ1v) is 6.35. The van der Waals surface area contributed by atoms with Crippen molar-refractivity contribution in [3.05, 3.63) is 68.8 Å². The summed E-state index contributed by atoms with van der Waals surface area (Å²) in [6.07, 6.45) is 1.67. The number of H-pyrrole nitrogens is 1. The molecule has 0 fully saturated rings. The van der Waals surface area contributed by atoms with Crippen molar-refractivity contribution < 1.29 is 9.18 Å². The molecule has 0 aliphatic rings. The summed E-state index contributed by atoms with van der Waals surface area (Å²) in [6, 6.07) is 7.68. The summed E-state index contributed by atoms with van der Waals surface area (Å²) < 4.78 is 13.4. The minimum Gasteiger partial charge on any atom is -0.352 e. The summed E-state index contributed by atoms with van der Waals surface area (Å²) in [6.45, 7) is 0.288. The molecular formula is C14H12ClFN2O2. The van der Waals surface area contributed by atoms with Crippen molar-refractivity contribution in [3.63, 3.8) is 0 Å². The van der Waals surface area contributed by atoms with Gasteiger partial charge in [0.1, 0.15) is 10.8 Å². The van der Waals surface area contributed by atoms with Crippen LogP contribution in [-0.4, -0.2) is 17.4 Å². The molecule has 0 aliphatic carbocycles. The zero-order valence-electron chi connectivity index (χ0n) is 10.5. The number of aromatic amines is 1. The Labute approximate surface area is 119 Å². The van der Waals surface area contributed by atoms with Crippen molar-refractivity contribution >= 4 is 17.5 Å². The number of rotatable bonds is 4. The number of amides is 1. The van der Waals surface area contributed by atoms with E-state index in [1.165, 1.54) is 18.3 Å². The van der Waals surface area contributed by atoms with Gasteiger partial charge < -0.3 is 10.3 Å². The molecule has 0 saturated carbocycles. The Balaban J connectivity index is 1.94. The number of hydrogen-bond donors (Lipinski definition) is 2. The fraction of sp³-hybridized carbons (Fsp3) is 0.143. The van der Waals surface area contributed by atoms with Gasteiger partial charge in [0.05, 0.1) is 5.56 Å². The Bertz CT molecular complexity index is 685. The molecule has 1 aromatic carbocycles. The van der Waals surface area contributed by atoms with Crippen LogP contribution in [0.3, 0.4) is 0 Å². The summed E-state index contributed by atoms with van der Waals surface area (Å²) >= 11 is 5.64. The summed E-state index contributed by atoms with van der Waals surface area (Å²) in [5.41, 5.74) is 0.338. The molecule has 6 heteroatoms. The fourth-order valence-corrected chi connectivity index (χ4v) is 1.87. The average molecular weight is 295 g/mol. The van der Waals surface area contributed by atoms with Crippen LogP contribution in [0.15, 0.2) is 41.3 Å². The second-order valence-electron chi connectivity index (χ2n) is 4.16. The molecule has 2 N–H and O–H groups in total. The topological polar surface area (TPSA) is 62.0 Å². The minimum absolute atomic E-state index is 0.0493. The Kier molecular flexibility index (Phi) is 4.53. The van der Waals surface area contributed by atoms with Crippen molar-refractivity contribution in [1.82, 2.24) is 10.3 Å². The highest BCUT2D eigenvalue weighted by molar-refractivity contribution is 6.30. The van der Waals surface area contributed by atoms with Gasteiger partial charge in [0.2, 0.25) is 0 Å². The first-order valence-electron chi connectivity index (χ1n) is 5.98. The van der Waals surface area contributed by atoms with E-state index in [4.69, 9.17) is 11.6 Å². The van der Waals surface area contributed by atoms with E-state index in [1.807, 2.05) is 0 Å². The zero-order chi connectivity index (χ0) is 14.5. The van der Waals surface area contributed by atoms with E-state index in [2.05, 4.69) is 10.3 Å². The van der Waals surface area contributed by atoms with Gasteiger partial charge in [0.25, 0.3) is 11.5 Å². The molecular weight excluding hydrogens is 283 g/mol. The van der Waals surface area contributed by atoms with Crippen LogP contribution in [-0.2, 0) is 6.42 Å². The van der Waals surface area contributed by atoms with Gasteiger partial charge >= 0.3 is 0 Å². The summed E-state index contributed by atoms with van der Waals surface area (Å²) in [5.74, 6) is -0.673. The van der Waals surface area contributed by atoms with E-state index in [-0.39, 0.29) is 28.9 Å². The lowest BCUT2D eigenvalue weighted by molar-refractivity contribution is 0.0953. The SMILES string of the molecule is O=C(NCCc1ccccc1F)c1c[nH]c(=O)c(Cl)c1. The number of hydrogen-bond acceptors (Lipinski definition) is 2. The number of aromatic nitrogens is 1. The molecule has 2 aromatic rings. The molecule has 104 valence electrons. The third kappa shape index (κ3) is 3.45. The molecule has 0 bridgehead atoms. The van der Waals surface area contributed by atoms with Crippen LogP contribution < -0.4 is 10.9 Å². The molecule has 2 rings (SSSR count). The fourth-order valence-electron chi connectivity index (χ4n) is 1.70. The van der Waals surface area contributed by atoms with E-state index >= 15 is 0 Å². The van der Waals surface area contributed by atoms with Gasteiger partial charge in [-0.15, -0.1) is 0 Å². The maximum absolute atomic E-state index is 13.4. The predicted octanol–water partition coefficient (Wildman–Crippen LogP) is 2.14. The second-order valence-corrected chi connectivity index (χ2v) is 4.57. The van der Waals surface area contributed by atoms with Crippen molar-refractivity contribution in [2.24, 2.45) is 0 Å². The first kappa shape index (κ1) is 14.3. The van der Waals surface area contributed by atoms with E-state index in [0.717, 1.165) is 0 Å². The Morgan fingerprint density at radius 3 is 2.80 bits per heavy atom. The minimum atomic E-state index is -0.449. The maximum atomic E-state index is 13.4. The number of benzene rings is 1. The molecule has 0 saturated heterocycles. The van der Waals surface area contributed by atoms with Gasteiger partial charge in [-0.25, -0.2) is 4.39 Å². The van der Waals surface area contributed by atoms with E-state index in [1.54, 1.807) is 18.2 Å². The normalized spacial score (nSPS) is 10.3. The highest BCUT2D eigenvalue weighted by Gasteiger charge is 2.08. The number of carbonyl (C=O) groups is 1. The van der Waals surface area contributed by atoms with Crippen molar-refractivity contribution in [2.75, 3.05) is 6.54 Å². The van der Waals surface area contributed by atoms with Crippen molar-refractivity contribution in [1.29, 1.82) is 0 Å². The van der Waals surface area contributed by atoms with Gasteiger partial charge in [-0.2, -0.15) is 0 Å². The third-order valence-corrected chi connectivity index (χ3v) is 3.04. The Hall–Kier alpha value is -2.14. The van der Waals surface area contributed by atoms with E-state index in [0.29, 0.717) is 12.0 Å². The summed E-state index contributed by atoms with van der Waals surface area (Å²) in [5, 5.41) is 2.59. The number of pyridine rings is 1. The van der Waals surface area contributed by atoms with Crippen LogP contribution >= 0.6 is 11.6 Å². The molecule has 1 aromatic heterocycles. The lowest BCUT2D eigenvalue weighted by Gasteiger charge is -2.06. The molecule has 1 heterocycles. The van der Waals surface area contributed by atoms with Gasteiger partial charge in [-0.3, -0.25) is 9.59 Å². The quantitative estimate of drug-likeness (QED) is 0.907. The van der Waals surface area contributed by atoms with Crippen LogP contribution in [0, 0.1) is 5.82 Å². The number of carbonyl (C=O) groups excluding carboxylic acids is 1. The Morgan fingerprint density at radius 1 is 1.35 bits per heavy atom. The second kappa shape index (κ2) is 6.34. The maximum Gasteiger partial charge on any atom is 0.266 e. The van der Waals surface area contributed by atoms with Gasteiger partial charge in [0.15, 0.2) is 0 Å². The number of halogens is 2. The molecule has 1 amide bonds. The molecule has 0 aliphatic heterocycles. The van der Waals surface area contributed by atoms with Crippen LogP contribution in [0.2, 0.25) is 5.02 Å². The number of nitrogens with one attached hydrogen (secondary N) is 2. The first-order chi connectivity index (χ1) is 9.58. The standard InChI is InChI=1S/C14H12ClFN2O2/c15-11-7-10(8-18-14(11)20)13(19)17-6-5-9-3-1-2-4-12(9)16/h1-4,7-8H,5-6H2,(H,17,19)(H,18,20). The van der Waals surface area contributed by atoms with E-state index in [9.17, 15) is 14.0 Å². The van der Waals surface area contributed by atoms with Gasteiger partial charge in [-0.1, -0.05) is 29.8 Å².